The second-order valence-corrected chi connectivity index (χ2v) is 9.42. The van der Waals surface area contributed by atoms with E-state index in [9.17, 15) is 8.42 Å². The van der Waals surface area contributed by atoms with Gasteiger partial charge in [-0.1, -0.05) is 0 Å². The highest BCUT2D eigenvalue weighted by Crippen LogP contribution is 2.32. The van der Waals surface area contributed by atoms with Gasteiger partial charge in [-0.05, 0) is 34.1 Å². The lowest BCUT2D eigenvalue weighted by Crippen LogP contribution is -2.36. The van der Waals surface area contributed by atoms with Crippen molar-refractivity contribution in [2.24, 2.45) is 0 Å². The van der Waals surface area contributed by atoms with Crippen molar-refractivity contribution in [2.45, 2.75) is 6.61 Å². The fourth-order valence-electron chi connectivity index (χ4n) is 3.41. The number of halogens is 1. The second kappa shape index (κ2) is 8.50. The molecule has 11 heteroatoms. The summed E-state index contributed by atoms with van der Waals surface area (Å²) in [5.41, 5.74) is 3.27. The van der Waals surface area contributed by atoms with E-state index in [1.54, 1.807) is 12.4 Å². The van der Waals surface area contributed by atoms with E-state index in [1.165, 1.54) is 0 Å². The van der Waals surface area contributed by atoms with Gasteiger partial charge in [0.1, 0.15) is 4.60 Å². The summed E-state index contributed by atoms with van der Waals surface area (Å²) in [5.74, 6) is 0.678. The Morgan fingerprint density at radius 2 is 2.03 bits per heavy atom. The summed E-state index contributed by atoms with van der Waals surface area (Å²) in [7, 11) is -1.67. The highest BCUT2D eigenvalue weighted by Gasteiger charge is 2.19. The summed E-state index contributed by atoms with van der Waals surface area (Å²) >= 11 is 3.47. The average Bonchev–Trinajstić information content (AvgIpc) is 3.23. The predicted octanol–water partition coefficient (Wildman–Crippen LogP) is 2.57. The molecule has 1 aliphatic heterocycles. The number of rotatable bonds is 6. The van der Waals surface area contributed by atoms with Crippen LogP contribution in [0.15, 0.2) is 41.4 Å². The molecule has 0 radical (unpaired) electrons. The first kappa shape index (κ1) is 21.0. The molecule has 3 aromatic rings. The molecule has 1 aliphatic rings. The van der Waals surface area contributed by atoms with E-state index in [-0.39, 0.29) is 6.61 Å². The zero-order valence-corrected chi connectivity index (χ0v) is 19.1. The number of benzene rings is 1. The third-order valence-electron chi connectivity index (χ3n) is 4.91. The largest absolute Gasteiger partial charge is 0.378 e. The molecule has 0 saturated carbocycles. The van der Waals surface area contributed by atoms with Crippen LogP contribution in [0.3, 0.4) is 0 Å². The van der Waals surface area contributed by atoms with Crippen molar-refractivity contribution in [1.82, 2.24) is 14.4 Å². The predicted molar refractivity (Wildman–Crippen MR) is 118 cm³/mol. The summed E-state index contributed by atoms with van der Waals surface area (Å²) in [6, 6.07) is 5.90. The topological polar surface area (TPSA) is 89.3 Å². The maximum atomic E-state index is 11.6. The lowest BCUT2D eigenvalue weighted by molar-refractivity contribution is 0.122. The summed E-state index contributed by atoms with van der Waals surface area (Å²) in [6.07, 6.45) is 6.34. The van der Waals surface area contributed by atoms with Gasteiger partial charge >= 0.3 is 0 Å². The Morgan fingerprint density at radius 3 is 2.77 bits per heavy atom. The highest BCUT2D eigenvalue weighted by atomic mass is 79.9. The van der Waals surface area contributed by atoms with Gasteiger partial charge in [-0.3, -0.25) is 8.58 Å². The molecule has 30 heavy (non-hydrogen) atoms. The van der Waals surface area contributed by atoms with Crippen LogP contribution >= 0.6 is 15.9 Å². The average molecular weight is 496 g/mol. The standard InChI is InChI=1S/C19H22BrN5O4S/c1-23(18-19-21-5-6-25(19)17(20)12-22-18)15-3-4-16(24-7-9-28-10-8-24)14(11-15)13-29-30(2,26)27/h3-6,11-12H,7-10,13H2,1-2H3. The Balaban J connectivity index is 1.72. The number of ether oxygens (including phenoxy) is 1. The number of hydrogen-bond acceptors (Lipinski definition) is 8. The molecule has 0 spiro atoms. The number of nitrogens with zero attached hydrogens (tertiary/aromatic N) is 5. The SMILES string of the molecule is CN(c1ccc(N2CCOCC2)c(COS(C)(=O)=O)c1)c1ncc(Br)n2ccnc12. The summed E-state index contributed by atoms with van der Waals surface area (Å²) in [4.78, 5) is 13.0. The van der Waals surface area contributed by atoms with Gasteiger partial charge < -0.3 is 14.5 Å². The maximum Gasteiger partial charge on any atom is 0.264 e. The number of hydrogen-bond donors (Lipinski definition) is 0. The van der Waals surface area contributed by atoms with E-state index in [0.717, 1.165) is 40.9 Å². The number of anilines is 3. The van der Waals surface area contributed by atoms with Crippen molar-refractivity contribution < 1.29 is 17.3 Å². The smallest absolute Gasteiger partial charge is 0.264 e. The normalized spacial score (nSPS) is 15.0. The minimum absolute atomic E-state index is 0.0419. The van der Waals surface area contributed by atoms with Gasteiger partial charge in [0.15, 0.2) is 11.5 Å². The summed E-state index contributed by atoms with van der Waals surface area (Å²) < 4.78 is 36.4. The number of morpholine rings is 1. The van der Waals surface area contributed by atoms with Crippen LogP contribution in [0.1, 0.15) is 5.56 Å². The third kappa shape index (κ3) is 4.43. The number of fused-ring (bicyclic) bond motifs is 1. The van der Waals surface area contributed by atoms with E-state index in [4.69, 9.17) is 8.92 Å². The fraction of sp³-hybridized carbons (Fsp3) is 0.368. The van der Waals surface area contributed by atoms with Crippen LogP contribution in [0.25, 0.3) is 5.65 Å². The molecule has 0 unspecified atom stereocenters. The van der Waals surface area contributed by atoms with Gasteiger partial charge in [-0.25, -0.2) is 9.97 Å². The number of aromatic nitrogens is 3. The Labute approximate surface area is 183 Å². The van der Waals surface area contributed by atoms with E-state index in [0.29, 0.717) is 24.7 Å². The van der Waals surface area contributed by atoms with Gasteiger partial charge in [0.05, 0.1) is 32.3 Å². The van der Waals surface area contributed by atoms with Crippen LogP contribution in [0, 0.1) is 0 Å². The maximum absolute atomic E-state index is 11.6. The lowest BCUT2D eigenvalue weighted by Gasteiger charge is -2.31. The molecule has 4 rings (SSSR count). The Morgan fingerprint density at radius 1 is 1.27 bits per heavy atom. The molecule has 1 aromatic carbocycles. The molecule has 3 heterocycles. The van der Waals surface area contributed by atoms with E-state index in [1.807, 2.05) is 40.7 Å². The lowest BCUT2D eigenvalue weighted by atomic mass is 10.1. The van der Waals surface area contributed by atoms with E-state index in [2.05, 4.69) is 30.8 Å². The first-order valence-electron chi connectivity index (χ1n) is 9.35. The van der Waals surface area contributed by atoms with Crippen LogP contribution in [0.4, 0.5) is 17.2 Å². The van der Waals surface area contributed by atoms with Crippen LogP contribution < -0.4 is 9.80 Å². The van der Waals surface area contributed by atoms with Crippen molar-refractivity contribution in [3.8, 4) is 0 Å². The molecule has 0 N–H and O–H groups in total. The van der Waals surface area contributed by atoms with Crippen molar-refractivity contribution in [1.29, 1.82) is 0 Å². The third-order valence-corrected chi connectivity index (χ3v) is 6.05. The fourth-order valence-corrected chi connectivity index (χ4v) is 4.14. The molecule has 0 aliphatic carbocycles. The van der Waals surface area contributed by atoms with Crippen molar-refractivity contribution >= 4 is 48.9 Å². The Kier molecular flexibility index (Phi) is 5.96. The Hall–Kier alpha value is -2.21. The Bertz CT molecular complexity index is 1160. The van der Waals surface area contributed by atoms with E-state index < -0.39 is 10.1 Å². The molecule has 0 bridgehead atoms. The quantitative estimate of drug-likeness (QED) is 0.482. The first-order valence-corrected chi connectivity index (χ1v) is 12.0. The summed E-state index contributed by atoms with van der Waals surface area (Å²) in [5, 5.41) is 0. The van der Waals surface area contributed by atoms with Crippen molar-refractivity contribution in [3.63, 3.8) is 0 Å². The molecular formula is C19H22BrN5O4S. The minimum Gasteiger partial charge on any atom is -0.378 e. The highest BCUT2D eigenvalue weighted by molar-refractivity contribution is 9.10. The van der Waals surface area contributed by atoms with Crippen LogP contribution in [-0.4, -0.2) is 62.4 Å². The van der Waals surface area contributed by atoms with Crippen LogP contribution in [-0.2, 0) is 25.6 Å². The van der Waals surface area contributed by atoms with Crippen LogP contribution in [0.2, 0.25) is 0 Å². The molecule has 1 saturated heterocycles. The minimum atomic E-state index is -3.57. The molecule has 160 valence electrons. The second-order valence-electron chi connectivity index (χ2n) is 6.96. The van der Waals surface area contributed by atoms with Gasteiger partial charge in [-0.15, -0.1) is 0 Å². The van der Waals surface area contributed by atoms with Crippen molar-refractivity contribution in [2.75, 3.05) is 49.4 Å². The van der Waals surface area contributed by atoms with Crippen molar-refractivity contribution in [3.05, 3.63) is 47.0 Å². The van der Waals surface area contributed by atoms with Gasteiger partial charge in [0.25, 0.3) is 10.1 Å². The number of imidazole rings is 1. The molecule has 0 amide bonds. The van der Waals surface area contributed by atoms with Gasteiger partial charge in [0, 0.05) is 49.5 Å². The van der Waals surface area contributed by atoms with E-state index >= 15 is 0 Å². The van der Waals surface area contributed by atoms with Gasteiger partial charge in [0.2, 0.25) is 0 Å². The molecule has 2 aromatic heterocycles. The zero-order valence-electron chi connectivity index (χ0n) is 16.7. The first-order chi connectivity index (χ1) is 14.3. The van der Waals surface area contributed by atoms with Crippen LogP contribution in [0.5, 0.6) is 0 Å². The van der Waals surface area contributed by atoms with Gasteiger partial charge in [-0.2, -0.15) is 8.42 Å². The molecule has 0 atom stereocenters. The zero-order chi connectivity index (χ0) is 21.3. The summed E-state index contributed by atoms with van der Waals surface area (Å²) in [6.45, 7) is 2.71. The molecular weight excluding hydrogens is 474 g/mol. The monoisotopic (exact) mass is 495 g/mol. The molecule has 1 fully saturated rings. The molecule has 9 nitrogen and oxygen atoms in total.